The van der Waals surface area contributed by atoms with Gasteiger partial charge in [0.05, 0.1) is 6.04 Å². The second-order valence-corrected chi connectivity index (χ2v) is 4.49. The zero-order valence-electron chi connectivity index (χ0n) is 9.13. The summed E-state index contributed by atoms with van der Waals surface area (Å²) in [6, 6.07) is 3.98. The molecule has 0 radical (unpaired) electrons. The van der Waals surface area contributed by atoms with Crippen LogP contribution < -0.4 is 11.3 Å². The Labute approximate surface area is 99.5 Å². The first-order chi connectivity index (χ1) is 7.27. The van der Waals surface area contributed by atoms with Crippen molar-refractivity contribution >= 4 is 15.9 Å². The Hall–Kier alpha value is -0.320. The van der Waals surface area contributed by atoms with E-state index >= 15 is 0 Å². The highest BCUT2D eigenvalue weighted by atomic mass is 79.9. The number of halogens is 1. The Morgan fingerprint density at radius 3 is 2.73 bits per heavy atom. The van der Waals surface area contributed by atoms with Gasteiger partial charge in [0.1, 0.15) is 5.76 Å². The molecule has 0 aliphatic heterocycles. The van der Waals surface area contributed by atoms with Gasteiger partial charge in [-0.05, 0) is 34.5 Å². The summed E-state index contributed by atoms with van der Waals surface area (Å²) in [7, 11) is 0. The molecule has 1 aromatic heterocycles. The van der Waals surface area contributed by atoms with Gasteiger partial charge in [0.15, 0.2) is 4.67 Å². The number of hydrazine groups is 1. The van der Waals surface area contributed by atoms with Crippen molar-refractivity contribution in [2.75, 3.05) is 0 Å². The van der Waals surface area contributed by atoms with Gasteiger partial charge in [0.25, 0.3) is 0 Å². The molecule has 0 spiro atoms. The van der Waals surface area contributed by atoms with Crippen molar-refractivity contribution in [1.82, 2.24) is 5.43 Å². The monoisotopic (exact) mass is 274 g/mol. The SMILES string of the molecule is CCCCCCC(NN)c1ccc(Br)o1. The van der Waals surface area contributed by atoms with Crippen LogP contribution in [0.2, 0.25) is 0 Å². The van der Waals surface area contributed by atoms with Gasteiger partial charge in [-0.3, -0.25) is 5.84 Å². The van der Waals surface area contributed by atoms with Crippen molar-refractivity contribution in [2.24, 2.45) is 5.84 Å². The van der Waals surface area contributed by atoms with Crippen LogP contribution in [0.25, 0.3) is 0 Å². The molecule has 0 bridgehead atoms. The number of furan rings is 1. The molecule has 0 aliphatic rings. The predicted molar refractivity (Wildman–Crippen MR) is 65.2 cm³/mol. The Kier molecular flexibility index (Phi) is 5.98. The van der Waals surface area contributed by atoms with E-state index in [1.54, 1.807) is 0 Å². The minimum Gasteiger partial charge on any atom is -0.453 e. The van der Waals surface area contributed by atoms with Gasteiger partial charge in [-0.15, -0.1) is 0 Å². The molecule has 1 atom stereocenters. The minimum atomic E-state index is 0.133. The van der Waals surface area contributed by atoms with Crippen molar-refractivity contribution in [3.05, 3.63) is 22.6 Å². The second kappa shape index (κ2) is 7.04. The van der Waals surface area contributed by atoms with Gasteiger partial charge in [-0.2, -0.15) is 0 Å². The number of hydrogen-bond acceptors (Lipinski definition) is 3. The highest BCUT2D eigenvalue weighted by Crippen LogP contribution is 2.23. The summed E-state index contributed by atoms with van der Waals surface area (Å²) in [6.07, 6.45) is 6.01. The minimum absolute atomic E-state index is 0.133. The lowest BCUT2D eigenvalue weighted by atomic mass is 10.1. The molecule has 0 saturated carbocycles. The van der Waals surface area contributed by atoms with Gasteiger partial charge in [0.2, 0.25) is 0 Å². The van der Waals surface area contributed by atoms with Crippen LogP contribution in [0, 0.1) is 0 Å². The molecular weight excluding hydrogens is 256 g/mol. The van der Waals surface area contributed by atoms with Crippen LogP contribution in [0.3, 0.4) is 0 Å². The third-order valence-electron chi connectivity index (χ3n) is 2.48. The number of unbranched alkanes of at least 4 members (excludes halogenated alkanes) is 3. The van der Waals surface area contributed by atoms with Gasteiger partial charge in [-0.25, -0.2) is 5.43 Å². The summed E-state index contributed by atoms with van der Waals surface area (Å²) in [5, 5.41) is 0. The van der Waals surface area contributed by atoms with Gasteiger partial charge >= 0.3 is 0 Å². The van der Waals surface area contributed by atoms with Crippen LogP contribution in [0.15, 0.2) is 21.2 Å². The van der Waals surface area contributed by atoms with Gasteiger partial charge in [-0.1, -0.05) is 32.6 Å². The van der Waals surface area contributed by atoms with E-state index in [1.165, 1.54) is 25.7 Å². The summed E-state index contributed by atoms with van der Waals surface area (Å²) >= 11 is 3.29. The summed E-state index contributed by atoms with van der Waals surface area (Å²) in [4.78, 5) is 0. The lowest BCUT2D eigenvalue weighted by molar-refractivity contribution is 0.381. The third-order valence-corrected chi connectivity index (χ3v) is 2.91. The Bertz CT molecular complexity index is 275. The van der Waals surface area contributed by atoms with Crippen LogP contribution in [0.4, 0.5) is 0 Å². The van der Waals surface area contributed by atoms with Crippen molar-refractivity contribution < 1.29 is 4.42 Å². The first-order valence-electron chi connectivity index (χ1n) is 5.49. The molecule has 3 N–H and O–H groups in total. The Morgan fingerprint density at radius 1 is 1.40 bits per heavy atom. The summed E-state index contributed by atoms with van der Waals surface area (Å²) in [5.74, 6) is 6.41. The highest BCUT2D eigenvalue weighted by Gasteiger charge is 2.12. The molecule has 1 unspecified atom stereocenters. The molecule has 0 amide bonds. The Morgan fingerprint density at radius 2 is 2.20 bits per heavy atom. The smallest absolute Gasteiger partial charge is 0.169 e. The molecule has 1 rings (SSSR count). The predicted octanol–water partition coefficient (Wildman–Crippen LogP) is 3.52. The normalized spacial score (nSPS) is 13.0. The third kappa shape index (κ3) is 4.36. The van der Waals surface area contributed by atoms with Crippen LogP contribution >= 0.6 is 15.9 Å². The topological polar surface area (TPSA) is 51.2 Å². The number of hydrogen-bond donors (Lipinski definition) is 2. The summed E-state index contributed by atoms with van der Waals surface area (Å²) < 4.78 is 6.22. The zero-order chi connectivity index (χ0) is 11.1. The largest absolute Gasteiger partial charge is 0.453 e. The fourth-order valence-corrected chi connectivity index (χ4v) is 1.92. The maximum Gasteiger partial charge on any atom is 0.169 e. The molecule has 0 saturated heterocycles. The standard InChI is InChI=1S/C11H19BrN2O/c1-2-3-4-5-6-9(14-13)10-7-8-11(12)15-10/h7-9,14H,2-6,13H2,1H3. The van der Waals surface area contributed by atoms with E-state index in [1.807, 2.05) is 12.1 Å². The van der Waals surface area contributed by atoms with Crippen molar-refractivity contribution in [2.45, 2.75) is 45.1 Å². The van der Waals surface area contributed by atoms with Crippen LogP contribution in [0.1, 0.15) is 50.8 Å². The van der Waals surface area contributed by atoms with Crippen LogP contribution in [-0.2, 0) is 0 Å². The van der Waals surface area contributed by atoms with E-state index in [9.17, 15) is 0 Å². The van der Waals surface area contributed by atoms with E-state index in [0.29, 0.717) is 0 Å². The fraction of sp³-hybridized carbons (Fsp3) is 0.636. The van der Waals surface area contributed by atoms with E-state index in [4.69, 9.17) is 10.3 Å². The number of nitrogens with one attached hydrogen (secondary N) is 1. The molecule has 3 nitrogen and oxygen atoms in total. The molecular formula is C11H19BrN2O. The summed E-state index contributed by atoms with van der Waals surface area (Å²) in [6.45, 7) is 2.21. The average Bonchev–Trinajstić information content (AvgIpc) is 2.65. The lowest BCUT2D eigenvalue weighted by Gasteiger charge is -2.12. The molecule has 1 heterocycles. The summed E-state index contributed by atoms with van der Waals surface area (Å²) in [5.41, 5.74) is 2.79. The van der Waals surface area contributed by atoms with Crippen molar-refractivity contribution in [1.29, 1.82) is 0 Å². The van der Waals surface area contributed by atoms with E-state index in [0.717, 1.165) is 16.9 Å². The van der Waals surface area contributed by atoms with E-state index < -0.39 is 0 Å². The molecule has 4 heteroatoms. The van der Waals surface area contributed by atoms with E-state index in [2.05, 4.69) is 28.3 Å². The van der Waals surface area contributed by atoms with Crippen molar-refractivity contribution in [3.63, 3.8) is 0 Å². The molecule has 0 fully saturated rings. The zero-order valence-corrected chi connectivity index (χ0v) is 10.7. The Balaban J connectivity index is 2.35. The fourth-order valence-electron chi connectivity index (χ4n) is 1.60. The molecule has 0 aromatic carbocycles. The maximum absolute atomic E-state index is 5.50. The average molecular weight is 275 g/mol. The quantitative estimate of drug-likeness (QED) is 0.455. The van der Waals surface area contributed by atoms with Crippen molar-refractivity contribution in [3.8, 4) is 0 Å². The highest BCUT2D eigenvalue weighted by molar-refractivity contribution is 9.10. The molecule has 86 valence electrons. The molecule has 0 aliphatic carbocycles. The maximum atomic E-state index is 5.50. The van der Waals surface area contributed by atoms with E-state index in [-0.39, 0.29) is 6.04 Å². The van der Waals surface area contributed by atoms with Gasteiger partial charge in [0, 0.05) is 0 Å². The lowest BCUT2D eigenvalue weighted by Crippen LogP contribution is -2.27. The molecule has 15 heavy (non-hydrogen) atoms. The molecule has 1 aromatic rings. The van der Waals surface area contributed by atoms with Crippen LogP contribution in [-0.4, -0.2) is 0 Å². The number of rotatable bonds is 7. The number of nitrogens with two attached hydrogens (primary N) is 1. The van der Waals surface area contributed by atoms with Crippen LogP contribution in [0.5, 0.6) is 0 Å². The second-order valence-electron chi connectivity index (χ2n) is 3.71. The first kappa shape index (κ1) is 12.7. The van der Waals surface area contributed by atoms with Gasteiger partial charge < -0.3 is 4.42 Å². The first-order valence-corrected chi connectivity index (χ1v) is 6.28.